The summed E-state index contributed by atoms with van der Waals surface area (Å²) in [6.45, 7) is 1.78. The number of hydrogen-bond donors (Lipinski definition) is 2. The summed E-state index contributed by atoms with van der Waals surface area (Å²) in [6.07, 6.45) is 0.372. The predicted molar refractivity (Wildman–Crippen MR) is 78.2 cm³/mol. The van der Waals surface area contributed by atoms with Crippen LogP contribution >= 0.6 is 23.1 Å². The lowest BCUT2D eigenvalue weighted by atomic mass is 10.1. The number of aliphatic carboxylic acids is 1. The van der Waals surface area contributed by atoms with E-state index in [-0.39, 0.29) is 6.42 Å². The highest BCUT2D eigenvalue weighted by molar-refractivity contribution is 8.25. The molecule has 1 aromatic carbocycles. The Balaban J connectivity index is 2.56. The van der Waals surface area contributed by atoms with Crippen LogP contribution in [0, 0.1) is 11.3 Å². The third-order valence-electron chi connectivity index (χ3n) is 2.32. The number of nitriles is 1. The van der Waals surface area contributed by atoms with Crippen molar-refractivity contribution < 1.29 is 9.90 Å². The molecule has 0 saturated heterocycles. The number of thiol groups is 1. The minimum atomic E-state index is -0.863. The van der Waals surface area contributed by atoms with E-state index in [4.69, 9.17) is 10.4 Å². The second kappa shape index (κ2) is 7.24. The quantitative estimate of drug-likeness (QED) is 0.621. The van der Waals surface area contributed by atoms with Crippen LogP contribution in [0.1, 0.15) is 19.8 Å². The largest absolute Gasteiger partial charge is 0.481 e. The molecule has 0 amide bonds. The van der Waals surface area contributed by atoms with Crippen LogP contribution < -0.4 is 0 Å². The van der Waals surface area contributed by atoms with E-state index in [1.165, 1.54) is 11.8 Å². The molecule has 5 heteroatoms. The molecule has 3 nitrogen and oxygen atoms in total. The second-order valence-electron chi connectivity index (χ2n) is 3.92. The van der Waals surface area contributed by atoms with Gasteiger partial charge in [-0.2, -0.15) is 16.6 Å². The van der Waals surface area contributed by atoms with Gasteiger partial charge in [-0.05, 0) is 35.1 Å². The molecule has 1 unspecified atom stereocenters. The maximum Gasteiger partial charge on any atom is 0.303 e. The van der Waals surface area contributed by atoms with Crippen LogP contribution in [0.15, 0.2) is 35.2 Å². The number of hydrogen-bond acceptors (Lipinski definition) is 3. The summed E-state index contributed by atoms with van der Waals surface area (Å²) in [5, 5.41) is 17.8. The van der Waals surface area contributed by atoms with Gasteiger partial charge in [0.05, 0.1) is 6.07 Å². The molecule has 1 N–H and O–H groups in total. The Morgan fingerprint density at radius 1 is 1.56 bits per heavy atom. The van der Waals surface area contributed by atoms with Crippen molar-refractivity contribution in [1.82, 2.24) is 0 Å². The average molecular weight is 281 g/mol. The van der Waals surface area contributed by atoms with Gasteiger partial charge in [0.15, 0.2) is 0 Å². The molecule has 0 spiro atoms. The van der Waals surface area contributed by atoms with Gasteiger partial charge in [0, 0.05) is 6.42 Å². The first-order chi connectivity index (χ1) is 8.56. The zero-order valence-electron chi connectivity index (χ0n) is 10.0. The molecule has 0 fully saturated rings. The second-order valence-corrected chi connectivity index (χ2v) is 6.68. The standard InChI is InChI=1S/C13H15NO2S2/c1-13(9-14,8-7-12(15)16)18-10-17-11-5-3-2-4-6-11/h2-6,10,17H,7-8H2,1H3,(H,15,16). The first kappa shape index (κ1) is 14.8. The SMILES string of the molecule is CC(C#N)(CCC(=O)O)SC=[SH]c1ccccc1. The average Bonchev–Trinajstić information content (AvgIpc) is 2.38. The molecule has 96 valence electrons. The Hall–Kier alpha value is -1.25. The Bertz CT molecular complexity index is 468. The van der Waals surface area contributed by atoms with Gasteiger partial charge >= 0.3 is 5.97 Å². The summed E-state index contributed by atoms with van der Waals surface area (Å²) >= 11 is 2.43. The first-order valence-corrected chi connectivity index (χ1v) is 7.28. The molecule has 1 atom stereocenters. The number of thioether (sulfide) groups is 1. The van der Waals surface area contributed by atoms with Gasteiger partial charge in [0.2, 0.25) is 0 Å². The molecule has 0 aliphatic heterocycles. The normalized spacial score (nSPS) is 14.4. The molecular weight excluding hydrogens is 266 g/mol. The van der Waals surface area contributed by atoms with Gasteiger partial charge in [-0.1, -0.05) is 18.2 Å². The molecule has 0 aliphatic rings. The van der Waals surface area contributed by atoms with Crippen molar-refractivity contribution in [3.8, 4) is 6.07 Å². The Labute approximate surface area is 115 Å². The molecule has 0 heterocycles. The number of carboxylic acid groups (broad SMARTS) is 1. The van der Waals surface area contributed by atoms with Crippen molar-refractivity contribution in [2.75, 3.05) is 0 Å². The maximum atomic E-state index is 10.5. The van der Waals surface area contributed by atoms with Crippen molar-refractivity contribution in [1.29, 1.82) is 5.26 Å². The summed E-state index contributed by atoms with van der Waals surface area (Å²) in [5.74, 6) is -0.863. The summed E-state index contributed by atoms with van der Waals surface area (Å²) in [4.78, 5) is 11.7. The third kappa shape index (κ3) is 5.39. The van der Waals surface area contributed by atoms with E-state index < -0.39 is 10.7 Å². The van der Waals surface area contributed by atoms with Gasteiger partial charge in [0.25, 0.3) is 0 Å². The van der Waals surface area contributed by atoms with E-state index in [0.717, 1.165) is 16.2 Å². The zero-order valence-corrected chi connectivity index (χ0v) is 11.7. The molecule has 0 radical (unpaired) electrons. The fourth-order valence-corrected chi connectivity index (χ4v) is 3.45. The van der Waals surface area contributed by atoms with Crippen molar-refractivity contribution in [3.05, 3.63) is 30.3 Å². The number of carbonyl (C=O) groups is 1. The van der Waals surface area contributed by atoms with E-state index >= 15 is 0 Å². The van der Waals surface area contributed by atoms with Gasteiger partial charge in [-0.15, -0.1) is 11.8 Å². The van der Waals surface area contributed by atoms with Crippen LogP contribution in [0.25, 0.3) is 0 Å². The van der Waals surface area contributed by atoms with Gasteiger partial charge in [0.1, 0.15) is 4.75 Å². The lowest BCUT2D eigenvalue weighted by molar-refractivity contribution is -0.137. The molecule has 1 rings (SSSR count). The van der Waals surface area contributed by atoms with Gasteiger partial charge in [-0.3, -0.25) is 4.79 Å². The fraction of sp³-hybridized carbons (Fsp3) is 0.308. The Morgan fingerprint density at radius 3 is 2.78 bits per heavy atom. The fourth-order valence-electron chi connectivity index (χ4n) is 1.20. The highest BCUT2D eigenvalue weighted by Crippen LogP contribution is 2.29. The lowest BCUT2D eigenvalue weighted by Gasteiger charge is -2.17. The Kier molecular flexibility index (Phi) is 5.96. The van der Waals surface area contributed by atoms with Crippen LogP contribution in [-0.4, -0.2) is 20.5 Å². The van der Waals surface area contributed by atoms with E-state index in [2.05, 4.69) is 6.07 Å². The van der Waals surface area contributed by atoms with Crippen molar-refractivity contribution in [2.24, 2.45) is 0 Å². The first-order valence-electron chi connectivity index (χ1n) is 5.44. The third-order valence-corrected chi connectivity index (χ3v) is 4.58. The minimum absolute atomic E-state index is 0.0210. The van der Waals surface area contributed by atoms with Crippen LogP contribution in [0.3, 0.4) is 0 Å². The minimum Gasteiger partial charge on any atom is -0.481 e. The molecule has 18 heavy (non-hydrogen) atoms. The van der Waals surface area contributed by atoms with Crippen molar-refractivity contribution in [2.45, 2.75) is 29.4 Å². The van der Waals surface area contributed by atoms with Crippen LogP contribution in [-0.2, 0) is 4.79 Å². The number of nitrogens with zero attached hydrogens (tertiary/aromatic N) is 1. The topological polar surface area (TPSA) is 61.1 Å². The van der Waals surface area contributed by atoms with Crippen LogP contribution in [0.5, 0.6) is 0 Å². The molecule has 0 aromatic heterocycles. The zero-order chi connectivity index (χ0) is 13.4. The van der Waals surface area contributed by atoms with E-state index in [9.17, 15) is 4.79 Å². The predicted octanol–water partition coefficient (Wildman–Crippen LogP) is 3.15. The number of carboxylic acids is 1. The molecule has 0 saturated carbocycles. The lowest BCUT2D eigenvalue weighted by Crippen LogP contribution is -2.18. The Morgan fingerprint density at radius 2 is 2.22 bits per heavy atom. The monoisotopic (exact) mass is 281 g/mol. The summed E-state index contributed by atoms with van der Waals surface area (Å²) in [6, 6.07) is 12.1. The summed E-state index contributed by atoms with van der Waals surface area (Å²) < 4.78 is 1.28. The molecule has 0 bridgehead atoms. The molecule has 1 aromatic rings. The van der Waals surface area contributed by atoms with E-state index in [0.29, 0.717) is 6.42 Å². The highest BCUT2D eigenvalue weighted by atomic mass is 32.2. The summed E-state index contributed by atoms with van der Waals surface area (Å²) in [7, 11) is 0. The number of benzene rings is 1. The van der Waals surface area contributed by atoms with Crippen LogP contribution in [0.4, 0.5) is 0 Å². The summed E-state index contributed by atoms with van der Waals surface area (Å²) in [5.41, 5.74) is 0. The van der Waals surface area contributed by atoms with Crippen molar-refractivity contribution in [3.63, 3.8) is 0 Å². The van der Waals surface area contributed by atoms with Crippen LogP contribution in [0.2, 0.25) is 0 Å². The number of rotatable bonds is 6. The van der Waals surface area contributed by atoms with Gasteiger partial charge < -0.3 is 5.11 Å². The highest BCUT2D eigenvalue weighted by Gasteiger charge is 2.24. The van der Waals surface area contributed by atoms with E-state index in [1.807, 2.05) is 35.0 Å². The van der Waals surface area contributed by atoms with Gasteiger partial charge in [-0.25, -0.2) is 0 Å². The van der Waals surface area contributed by atoms with Crippen molar-refractivity contribution >= 4 is 33.8 Å². The smallest absolute Gasteiger partial charge is 0.303 e. The maximum absolute atomic E-state index is 10.5. The molecule has 0 aliphatic carbocycles. The molecular formula is C13H15NO2S2. The van der Waals surface area contributed by atoms with E-state index in [1.54, 1.807) is 6.92 Å².